The highest BCUT2D eigenvalue weighted by Crippen LogP contribution is 2.01. The first-order valence-corrected chi connectivity index (χ1v) is 3.96. The fourth-order valence-electron chi connectivity index (χ4n) is 0.724. The molecule has 1 unspecified atom stereocenters. The highest BCUT2D eigenvalue weighted by molar-refractivity contribution is 5.04. The Balaban J connectivity index is 3.71. The van der Waals surface area contributed by atoms with Crippen LogP contribution in [-0.2, 0) is 0 Å². The first-order chi connectivity index (χ1) is 4.72. The van der Waals surface area contributed by atoms with E-state index in [1.807, 2.05) is 0 Å². The molecule has 0 aliphatic carbocycles. The summed E-state index contributed by atoms with van der Waals surface area (Å²) in [5, 5.41) is 0. The van der Waals surface area contributed by atoms with Gasteiger partial charge in [-0.05, 0) is 13.3 Å². The van der Waals surface area contributed by atoms with E-state index in [-0.39, 0.29) is 6.04 Å². The van der Waals surface area contributed by atoms with E-state index in [2.05, 4.69) is 32.6 Å². The van der Waals surface area contributed by atoms with Gasteiger partial charge in [-0.15, -0.1) is 5.92 Å². The fraction of sp³-hybridized carbons (Fsp3) is 0.778. The molecule has 10 heavy (non-hydrogen) atoms. The van der Waals surface area contributed by atoms with E-state index >= 15 is 0 Å². The van der Waals surface area contributed by atoms with Crippen LogP contribution in [-0.4, -0.2) is 6.04 Å². The van der Waals surface area contributed by atoms with E-state index in [1.54, 1.807) is 0 Å². The lowest BCUT2D eigenvalue weighted by Crippen LogP contribution is -2.25. The second-order valence-electron chi connectivity index (χ2n) is 2.54. The summed E-state index contributed by atoms with van der Waals surface area (Å²) in [6.45, 7) is 6.23. The summed E-state index contributed by atoms with van der Waals surface area (Å²) in [7, 11) is 0. The lowest BCUT2D eigenvalue weighted by Gasteiger charge is -2.10. The van der Waals surface area contributed by atoms with Crippen LogP contribution in [0.3, 0.4) is 0 Å². The van der Waals surface area contributed by atoms with Crippen LogP contribution in [0.25, 0.3) is 0 Å². The Morgan fingerprint density at radius 3 is 2.40 bits per heavy atom. The minimum absolute atomic E-state index is 0.249. The van der Waals surface area contributed by atoms with Crippen molar-refractivity contribution in [1.29, 1.82) is 0 Å². The van der Waals surface area contributed by atoms with Crippen LogP contribution in [0.15, 0.2) is 0 Å². The second-order valence-corrected chi connectivity index (χ2v) is 2.54. The summed E-state index contributed by atoms with van der Waals surface area (Å²) in [5.41, 5.74) is 5.75. The van der Waals surface area contributed by atoms with Crippen LogP contribution in [0, 0.1) is 17.8 Å². The molecule has 0 fully saturated rings. The Bertz CT molecular complexity index is 129. The van der Waals surface area contributed by atoms with E-state index in [0.717, 1.165) is 12.8 Å². The molecule has 0 aliphatic rings. The van der Waals surface area contributed by atoms with Crippen molar-refractivity contribution >= 4 is 0 Å². The molecule has 2 N–H and O–H groups in total. The van der Waals surface area contributed by atoms with E-state index in [0.29, 0.717) is 5.92 Å². The van der Waals surface area contributed by atoms with Crippen molar-refractivity contribution < 1.29 is 0 Å². The molecule has 0 aromatic rings. The Labute approximate surface area is 64.0 Å². The zero-order chi connectivity index (χ0) is 7.98. The number of hydrogen-bond acceptors (Lipinski definition) is 1. The summed E-state index contributed by atoms with van der Waals surface area (Å²) in [4.78, 5) is 0. The summed E-state index contributed by atoms with van der Waals surface area (Å²) >= 11 is 0. The van der Waals surface area contributed by atoms with Gasteiger partial charge in [-0.2, -0.15) is 0 Å². The predicted molar refractivity (Wildman–Crippen MR) is 45.5 cm³/mol. The third kappa shape index (κ3) is 3.53. The first-order valence-electron chi connectivity index (χ1n) is 3.96. The average molecular weight is 139 g/mol. The molecule has 2 atom stereocenters. The Morgan fingerprint density at radius 2 is 2.00 bits per heavy atom. The highest BCUT2D eigenvalue weighted by Gasteiger charge is 2.05. The van der Waals surface area contributed by atoms with Gasteiger partial charge in [0.15, 0.2) is 0 Å². The molecule has 1 nitrogen and oxygen atoms in total. The van der Waals surface area contributed by atoms with Crippen molar-refractivity contribution in [3.63, 3.8) is 0 Å². The largest absolute Gasteiger partial charge is 0.327 e. The Hall–Kier alpha value is -0.480. The smallest absolute Gasteiger partial charge is 0.0325 e. The Kier molecular flexibility index (Phi) is 5.06. The molecule has 0 rings (SSSR count). The molecule has 0 aliphatic heterocycles. The van der Waals surface area contributed by atoms with Crippen molar-refractivity contribution in [3.05, 3.63) is 0 Å². The molecule has 0 heterocycles. The van der Waals surface area contributed by atoms with Gasteiger partial charge in [-0.3, -0.25) is 0 Å². The summed E-state index contributed by atoms with van der Waals surface area (Å²) in [6, 6.07) is 0.249. The molecule has 0 radical (unpaired) electrons. The highest BCUT2D eigenvalue weighted by atomic mass is 14.6. The van der Waals surface area contributed by atoms with Gasteiger partial charge in [0.2, 0.25) is 0 Å². The molecule has 0 saturated heterocycles. The Morgan fingerprint density at radius 1 is 1.40 bits per heavy atom. The van der Waals surface area contributed by atoms with Gasteiger partial charge in [0.05, 0.1) is 0 Å². The van der Waals surface area contributed by atoms with E-state index in [1.165, 1.54) is 0 Å². The minimum atomic E-state index is 0.249. The fourth-order valence-corrected chi connectivity index (χ4v) is 0.724. The maximum atomic E-state index is 5.75. The van der Waals surface area contributed by atoms with E-state index in [9.17, 15) is 0 Å². The molecular formula is C9H17N. The van der Waals surface area contributed by atoms with Crippen LogP contribution < -0.4 is 5.73 Å². The maximum Gasteiger partial charge on any atom is 0.0325 e. The second kappa shape index (κ2) is 5.32. The molecule has 0 bridgehead atoms. The lowest BCUT2D eigenvalue weighted by atomic mass is 10.0. The number of hydrogen-bond donors (Lipinski definition) is 1. The van der Waals surface area contributed by atoms with Crippen molar-refractivity contribution in [1.82, 2.24) is 0 Å². The SMILES string of the molecule is CCC#C[C@H](C)C(N)CC. The first kappa shape index (κ1) is 9.52. The van der Waals surface area contributed by atoms with Crippen LogP contribution in [0.4, 0.5) is 0 Å². The van der Waals surface area contributed by atoms with Crippen molar-refractivity contribution in [2.24, 2.45) is 11.7 Å². The topological polar surface area (TPSA) is 26.0 Å². The van der Waals surface area contributed by atoms with Gasteiger partial charge >= 0.3 is 0 Å². The molecule has 1 heteroatoms. The zero-order valence-corrected chi connectivity index (χ0v) is 7.15. The van der Waals surface area contributed by atoms with Gasteiger partial charge in [0, 0.05) is 18.4 Å². The number of rotatable bonds is 2. The van der Waals surface area contributed by atoms with Crippen LogP contribution in [0.2, 0.25) is 0 Å². The van der Waals surface area contributed by atoms with Crippen molar-refractivity contribution in [3.8, 4) is 11.8 Å². The van der Waals surface area contributed by atoms with Crippen LogP contribution >= 0.6 is 0 Å². The van der Waals surface area contributed by atoms with Crippen molar-refractivity contribution in [2.45, 2.75) is 39.7 Å². The molecular weight excluding hydrogens is 122 g/mol. The quantitative estimate of drug-likeness (QED) is 0.580. The summed E-state index contributed by atoms with van der Waals surface area (Å²) < 4.78 is 0. The monoisotopic (exact) mass is 139 g/mol. The standard InChI is InChI=1S/C9H17N/c1-4-6-7-8(3)9(10)5-2/h8-9H,4-5,10H2,1-3H3/t8-,9?/m0/s1. The molecule has 58 valence electrons. The van der Waals surface area contributed by atoms with Crippen LogP contribution in [0.5, 0.6) is 0 Å². The molecule has 0 amide bonds. The third-order valence-corrected chi connectivity index (χ3v) is 1.62. The van der Waals surface area contributed by atoms with Gasteiger partial charge in [-0.1, -0.05) is 19.8 Å². The number of nitrogens with two attached hydrogens (primary N) is 1. The molecule has 0 spiro atoms. The molecule has 0 aromatic heterocycles. The predicted octanol–water partition coefficient (Wildman–Crippen LogP) is 1.77. The van der Waals surface area contributed by atoms with Gasteiger partial charge in [0.1, 0.15) is 0 Å². The van der Waals surface area contributed by atoms with E-state index < -0.39 is 0 Å². The average Bonchev–Trinajstić information content (AvgIpc) is 1.98. The lowest BCUT2D eigenvalue weighted by molar-refractivity contribution is 0.538. The van der Waals surface area contributed by atoms with Gasteiger partial charge in [0.25, 0.3) is 0 Å². The summed E-state index contributed by atoms with van der Waals surface area (Å²) in [6.07, 6.45) is 1.94. The molecule has 0 saturated carbocycles. The zero-order valence-electron chi connectivity index (χ0n) is 7.15. The summed E-state index contributed by atoms with van der Waals surface area (Å²) in [5.74, 6) is 6.49. The van der Waals surface area contributed by atoms with Gasteiger partial charge in [-0.25, -0.2) is 0 Å². The third-order valence-electron chi connectivity index (χ3n) is 1.62. The minimum Gasteiger partial charge on any atom is -0.327 e. The van der Waals surface area contributed by atoms with Crippen molar-refractivity contribution in [2.75, 3.05) is 0 Å². The van der Waals surface area contributed by atoms with Gasteiger partial charge < -0.3 is 5.73 Å². The maximum absolute atomic E-state index is 5.75. The van der Waals surface area contributed by atoms with E-state index in [4.69, 9.17) is 5.73 Å². The normalized spacial score (nSPS) is 15.2. The van der Waals surface area contributed by atoms with Crippen LogP contribution in [0.1, 0.15) is 33.6 Å². The molecule has 0 aromatic carbocycles.